The van der Waals surface area contributed by atoms with Gasteiger partial charge in [0.2, 0.25) is 0 Å². The number of anilines is 1. The summed E-state index contributed by atoms with van der Waals surface area (Å²) in [6.45, 7) is 0. The summed E-state index contributed by atoms with van der Waals surface area (Å²) in [6, 6.07) is 4.18. The molecule has 0 saturated heterocycles. The van der Waals surface area contributed by atoms with Crippen LogP contribution in [0.4, 0.5) is 11.4 Å². The number of rotatable bonds is 4. The molecule has 0 spiro atoms. The number of hydrogen-bond acceptors (Lipinski definition) is 5. The van der Waals surface area contributed by atoms with E-state index in [0.29, 0.717) is 5.69 Å². The van der Waals surface area contributed by atoms with E-state index in [-0.39, 0.29) is 17.2 Å². The Labute approximate surface area is 92.0 Å². The highest BCUT2D eigenvalue weighted by atomic mass is 16.6. The number of aromatic hydroxyl groups is 1. The molecular formula is C10H12N2O4. The smallest absolute Gasteiger partial charge is 0.312 e. The van der Waals surface area contributed by atoms with Crippen molar-refractivity contribution in [1.82, 2.24) is 0 Å². The van der Waals surface area contributed by atoms with Gasteiger partial charge < -0.3 is 15.2 Å². The van der Waals surface area contributed by atoms with Crippen molar-refractivity contribution in [2.45, 2.75) is 18.6 Å². The first kappa shape index (κ1) is 10.7. The van der Waals surface area contributed by atoms with Crippen LogP contribution in [0.5, 0.6) is 5.75 Å². The van der Waals surface area contributed by atoms with Crippen molar-refractivity contribution < 1.29 is 14.8 Å². The fourth-order valence-corrected chi connectivity index (χ4v) is 1.50. The standard InChI is InChI=1S/C10H12N2O4/c1-16-10(4-5-10)11-7-2-3-9(13)8(6-7)12(14)15/h2-3,6,11,13H,4-5H2,1H3. The molecule has 2 N–H and O–H groups in total. The van der Waals surface area contributed by atoms with Crippen LogP contribution in [0.25, 0.3) is 0 Å². The second-order valence-electron chi connectivity index (χ2n) is 3.78. The summed E-state index contributed by atoms with van der Waals surface area (Å²) in [5, 5.41) is 23.0. The number of nitrogens with one attached hydrogen (secondary N) is 1. The minimum Gasteiger partial charge on any atom is -0.502 e. The third-order valence-corrected chi connectivity index (χ3v) is 2.64. The molecule has 1 aromatic carbocycles. The predicted octanol–water partition coefficient (Wildman–Crippen LogP) is 1.85. The first-order valence-electron chi connectivity index (χ1n) is 4.87. The van der Waals surface area contributed by atoms with Gasteiger partial charge in [-0.3, -0.25) is 10.1 Å². The molecule has 6 nitrogen and oxygen atoms in total. The maximum absolute atomic E-state index is 10.6. The van der Waals surface area contributed by atoms with Gasteiger partial charge >= 0.3 is 5.69 Å². The van der Waals surface area contributed by atoms with Crippen LogP contribution in [-0.4, -0.2) is 22.9 Å². The largest absolute Gasteiger partial charge is 0.502 e. The zero-order chi connectivity index (χ0) is 11.8. The minimum atomic E-state index is -0.618. The van der Waals surface area contributed by atoms with E-state index in [1.807, 2.05) is 0 Å². The zero-order valence-electron chi connectivity index (χ0n) is 8.77. The molecule has 0 atom stereocenters. The van der Waals surface area contributed by atoms with Crippen LogP contribution in [0.2, 0.25) is 0 Å². The average Bonchev–Trinajstić information content (AvgIpc) is 3.01. The van der Waals surface area contributed by atoms with Gasteiger partial charge in [-0.15, -0.1) is 0 Å². The number of hydrogen-bond donors (Lipinski definition) is 2. The number of phenolic OH excluding ortho intramolecular Hbond substituents is 1. The number of phenols is 1. The molecule has 1 aromatic rings. The number of methoxy groups -OCH3 is 1. The van der Waals surface area contributed by atoms with Gasteiger partial charge in [-0.25, -0.2) is 0 Å². The van der Waals surface area contributed by atoms with Crippen LogP contribution >= 0.6 is 0 Å². The Bertz CT molecular complexity index is 429. The Hall–Kier alpha value is -1.82. The number of benzene rings is 1. The normalized spacial score (nSPS) is 16.8. The molecule has 0 aromatic heterocycles. The molecule has 2 rings (SSSR count). The fourth-order valence-electron chi connectivity index (χ4n) is 1.50. The summed E-state index contributed by atoms with van der Waals surface area (Å²) < 4.78 is 5.24. The third kappa shape index (κ3) is 1.92. The van der Waals surface area contributed by atoms with Crippen molar-refractivity contribution in [1.29, 1.82) is 0 Å². The van der Waals surface area contributed by atoms with Gasteiger partial charge in [-0.2, -0.15) is 0 Å². The van der Waals surface area contributed by atoms with Gasteiger partial charge in [0, 0.05) is 18.9 Å². The van der Waals surface area contributed by atoms with Gasteiger partial charge in [0.05, 0.1) is 4.92 Å². The Morgan fingerprint density at radius 3 is 2.75 bits per heavy atom. The lowest BCUT2D eigenvalue weighted by Gasteiger charge is -2.16. The zero-order valence-corrected chi connectivity index (χ0v) is 8.77. The van der Waals surface area contributed by atoms with E-state index in [9.17, 15) is 15.2 Å². The minimum absolute atomic E-state index is 0.308. The van der Waals surface area contributed by atoms with Gasteiger partial charge in [0.15, 0.2) is 5.75 Å². The van der Waals surface area contributed by atoms with E-state index in [0.717, 1.165) is 12.8 Å². The molecule has 86 valence electrons. The molecule has 1 saturated carbocycles. The second-order valence-corrected chi connectivity index (χ2v) is 3.78. The van der Waals surface area contributed by atoms with Crippen molar-refractivity contribution in [3.05, 3.63) is 28.3 Å². The lowest BCUT2D eigenvalue weighted by Crippen LogP contribution is -2.23. The maximum Gasteiger partial charge on any atom is 0.312 e. The van der Waals surface area contributed by atoms with E-state index in [1.54, 1.807) is 13.2 Å². The molecule has 0 heterocycles. The highest BCUT2D eigenvalue weighted by molar-refractivity contribution is 5.59. The molecule has 1 aliphatic carbocycles. The first-order valence-corrected chi connectivity index (χ1v) is 4.87. The number of nitrogens with zero attached hydrogens (tertiary/aromatic N) is 1. The fraction of sp³-hybridized carbons (Fsp3) is 0.400. The topological polar surface area (TPSA) is 84.6 Å². The van der Waals surface area contributed by atoms with Gasteiger partial charge in [0.1, 0.15) is 5.72 Å². The first-order chi connectivity index (χ1) is 7.56. The number of nitro groups is 1. The van der Waals surface area contributed by atoms with Crippen LogP contribution < -0.4 is 5.32 Å². The summed E-state index contributed by atoms with van der Waals surface area (Å²) in [4.78, 5) is 9.99. The summed E-state index contributed by atoms with van der Waals surface area (Å²) in [6.07, 6.45) is 1.75. The van der Waals surface area contributed by atoms with Crippen LogP contribution in [0.3, 0.4) is 0 Å². The van der Waals surface area contributed by atoms with E-state index in [4.69, 9.17) is 4.74 Å². The molecular weight excluding hydrogens is 212 g/mol. The van der Waals surface area contributed by atoms with Crippen molar-refractivity contribution in [2.75, 3.05) is 12.4 Å². The predicted molar refractivity (Wildman–Crippen MR) is 57.4 cm³/mol. The quantitative estimate of drug-likeness (QED) is 0.353. The molecule has 1 fully saturated rings. The Balaban J connectivity index is 2.23. The Kier molecular flexibility index (Phi) is 2.43. The Morgan fingerprint density at radius 1 is 1.56 bits per heavy atom. The maximum atomic E-state index is 10.6. The molecule has 0 amide bonds. The molecule has 6 heteroatoms. The molecule has 0 unspecified atom stereocenters. The number of nitro benzene ring substituents is 1. The van der Waals surface area contributed by atoms with Crippen molar-refractivity contribution in [3.8, 4) is 5.75 Å². The summed E-state index contributed by atoms with van der Waals surface area (Å²) in [5.74, 6) is -0.335. The number of ether oxygens (including phenoxy) is 1. The molecule has 16 heavy (non-hydrogen) atoms. The molecule has 1 aliphatic rings. The third-order valence-electron chi connectivity index (χ3n) is 2.64. The van der Waals surface area contributed by atoms with E-state index >= 15 is 0 Å². The van der Waals surface area contributed by atoms with Gasteiger partial charge in [-0.1, -0.05) is 0 Å². The summed E-state index contributed by atoms with van der Waals surface area (Å²) in [7, 11) is 1.59. The van der Waals surface area contributed by atoms with Crippen molar-refractivity contribution in [2.24, 2.45) is 0 Å². The highest BCUT2D eigenvalue weighted by Gasteiger charge is 2.43. The highest BCUT2D eigenvalue weighted by Crippen LogP contribution is 2.40. The lowest BCUT2D eigenvalue weighted by atomic mass is 10.2. The summed E-state index contributed by atoms with van der Waals surface area (Å²) in [5.41, 5.74) is -0.120. The van der Waals surface area contributed by atoms with E-state index in [2.05, 4.69) is 5.32 Å². The van der Waals surface area contributed by atoms with Crippen LogP contribution in [0.1, 0.15) is 12.8 Å². The molecule has 0 bridgehead atoms. The molecule has 0 radical (unpaired) electrons. The van der Waals surface area contributed by atoms with Gasteiger partial charge in [-0.05, 0) is 25.0 Å². The van der Waals surface area contributed by atoms with Gasteiger partial charge in [0.25, 0.3) is 0 Å². The van der Waals surface area contributed by atoms with Crippen LogP contribution in [-0.2, 0) is 4.74 Å². The Morgan fingerprint density at radius 2 is 2.25 bits per heavy atom. The second kappa shape index (κ2) is 3.64. The average molecular weight is 224 g/mol. The van der Waals surface area contributed by atoms with E-state index < -0.39 is 4.92 Å². The van der Waals surface area contributed by atoms with E-state index in [1.165, 1.54) is 12.1 Å². The monoisotopic (exact) mass is 224 g/mol. The van der Waals surface area contributed by atoms with Crippen molar-refractivity contribution in [3.63, 3.8) is 0 Å². The lowest BCUT2D eigenvalue weighted by molar-refractivity contribution is -0.385. The SMILES string of the molecule is COC1(Nc2ccc(O)c([N+](=O)[O-])c2)CC1. The van der Waals surface area contributed by atoms with Crippen LogP contribution in [0.15, 0.2) is 18.2 Å². The van der Waals surface area contributed by atoms with Crippen molar-refractivity contribution >= 4 is 11.4 Å². The summed E-state index contributed by atoms with van der Waals surface area (Å²) >= 11 is 0. The molecule has 0 aliphatic heterocycles. The van der Waals surface area contributed by atoms with Crippen LogP contribution in [0, 0.1) is 10.1 Å².